The third-order valence-electron chi connectivity index (χ3n) is 3.72. The maximum Gasteiger partial charge on any atom is 0.236 e. The maximum atomic E-state index is 12.1. The summed E-state index contributed by atoms with van der Waals surface area (Å²) in [4.78, 5) is 20.5. The van der Waals surface area contributed by atoms with Crippen molar-refractivity contribution in [1.29, 1.82) is 0 Å². The van der Waals surface area contributed by atoms with E-state index >= 15 is 0 Å². The Bertz CT molecular complexity index is 1040. The highest BCUT2D eigenvalue weighted by molar-refractivity contribution is 8.00. The Hall–Kier alpha value is -2.71. The molecule has 0 aliphatic rings. The first-order valence-corrected chi connectivity index (χ1v) is 9.79. The van der Waals surface area contributed by atoms with Crippen molar-refractivity contribution in [3.05, 3.63) is 59.9 Å². The average Bonchev–Trinajstić information content (AvgIpc) is 3.30. The van der Waals surface area contributed by atoms with Crippen molar-refractivity contribution in [2.24, 2.45) is 0 Å². The molecule has 0 unspecified atom stereocenters. The standard InChI is InChI=1S/C18H15N5OS2/c1-12-2-4-13(5-3-12)14-10-15-17(19-6-8-23(15)22-14)26-11-16(24)21-18-20-7-9-25-18/h2-10H,11H2,1H3,(H,20,21,24). The Kier molecular flexibility index (Phi) is 4.68. The number of aryl methyl sites for hydroxylation is 1. The van der Waals surface area contributed by atoms with Crippen LogP contribution >= 0.6 is 23.1 Å². The highest BCUT2D eigenvalue weighted by atomic mass is 32.2. The molecule has 0 fully saturated rings. The fraction of sp³-hybridized carbons (Fsp3) is 0.111. The van der Waals surface area contributed by atoms with Crippen molar-refractivity contribution >= 4 is 39.7 Å². The number of amides is 1. The Morgan fingerprint density at radius 3 is 2.85 bits per heavy atom. The normalized spacial score (nSPS) is 11.0. The minimum Gasteiger partial charge on any atom is -0.301 e. The van der Waals surface area contributed by atoms with Gasteiger partial charge in [-0.2, -0.15) is 5.10 Å². The van der Waals surface area contributed by atoms with Crippen LogP contribution in [0.1, 0.15) is 5.56 Å². The monoisotopic (exact) mass is 381 g/mol. The van der Waals surface area contributed by atoms with Gasteiger partial charge in [0.25, 0.3) is 0 Å². The SMILES string of the molecule is Cc1ccc(-c2cc3c(SCC(=O)Nc4nccs4)nccn3n2)cc1. The van der Waals surface area contributed by atoms with E-state index < -0.39 is 0 Å². The molecular weight excluding hydrogens is 366 g/mol. The number of hydrogen-bond donors (Lipinski definition) is 1. The average molecular weight is 381 g/mol. The zero-order chi connectivity index (χ0) is 17.9. The van der Waals surface area contributed by atoms with Crippen LogP contribution in [0.2, 0.25) is 0 Å². The van der Waals surface area contributed by atoms with E-state index in [2.05, 4.69) is 51.6 Å². The number of carbonyl (C=O) groups is 1. The predicted molar refractivity (Wildman–Crippen MR) is 105 cm³/mol. The molecule has 8 heteroatoms. The second-order valence-corrected chi connectivity index (χ2v) is 7.49. The van der Waals surface area contributed by atoms with Crippen LogP contribution in [-0.4, -0.2) is 31.2 Å². The summed E-state index contributed by atoms with van der Waals surface area (Å²) < 4.78 is 1.79. The third-order valence-corrected chi connectivity index (χ3v) is 5.40. The molecule has 0 saturated heterocycles. The van der Waals surface area contributed by atoms with Crippen LogP contribution in [0.5, 0.6) is 0 Å². The number of nitrogens with zero attached hydrogens (tertiary/aromatic N) is 4. The van der Waals surface area contributed by atoms with Crippen LogP contribution in [0.3, 0.4) is 0 Å². The first-order chi connectivity index (χ1) is 12.7. The Balaban J connectivity index is 1.54. The number of anilines is 1. The highest BCUT2D eigenvalue weighted by Gasteiger charge is 2.12. The molecule has 1 aromatic carbocycles. The lowest BCUT2D eigenvalue weighted by Crippen LogP contribution is -2.13. The van der Waals surface area contributed by atoms with Gasteiger partial charge in [-0.15, -0.1) is 11.3 Å². The van der Waals surface area contributed by atoms with E-state index in [1.807, 2.05) is 17.6 Å². The van der Waals surface area contributed by atoms with Gasteiger partial charge in [0.05, 0.1) is 17.0 Å². The van der Waals surface area contributed by atoms with Crippen LogP contribution < -0.4 is 5.32 Å². The number of hydrogen-bond acceptors (Lipinski definition) is 6. The molecule has 1 N–H and O–H groups in total. The quantitative estimate of drug-likeness (QED) is 0.531. The van der Waals surface area contributed by atoms with Crippen molar-refractivity contribution in [3.63, 3.8) is 0 Å². The molecule has 4 aromatic rings. The number of fused-ring (bicyclic) bond motifs is 1. The summed E-state index contributed by atoms with van der Waals surface area (Å²) in [6, 6.07) is 10.2. The van der Waals surface area contributed by atoms with Gasteiger partial charge in [0.2, 0.25) is 5.91 Å². The molecular formula is C18H15N5OS2. The Morgan fingerprint density at radius 2 is 2.08 bits per heavy atom. The molecule has 0 aliphatic carbocycles. The van der Waals surface area contributed by atoms with E-state index in [4.69, 9.17) is 0 Å². The summed E-state index contributed by atoms with van der Waals surface area (Å²) >= 11 is 2.78. The van der Waals surface area contributed by atoms with Gasteiger partial charge in [0, 0.05) is 29.5 Å². The van der Waals surface area contributed by atoms with Gasteiger partial charge in [-0.25, -0.2) is 14.5 Å². The number of thiazole rings is 1. The highest BCUT2D eigenvalue weighted by Crippen LogP contribution is 2.26. The summed E-state index contributed by atoms with van der Waals surface area (Å²) in [6.07, 6.45) is 5.17. The second kappa shape index (κ2) is 7.27. The molecule has 3 aromatic heterocycles. The van der Waals surface area contributed by atoms with Crippen molar-refractivity contribution < 1.29 is 4.79 Å². The van der Waals surface area contributed by atoms with Crippen molar-refractivity contribution in [3.8, 4) is 11.3 Å². The smallest absolute Gasteiger partial charge is 0.236 e. The molecule has 6 nitrogen and oxygen atoms in total. The number of benzene rings is 1. The first-order valence-electron chi connectivity index (χ1n) is 7.92. The number of aromatic nitrogens is 4. The lowest BCUT2D eigenvalue weighted by atomic mass is 10.1. The van der Waals surface area contributed by atoms with Gasteiger partial charge in [-0.1, -0.05) is 41.6 Å². The summed E-state index contributed by atoms with van der Waals surface area (Å²) in [5.74, 6) is 0.157. The van der Waals surface area contributed by atoms with Gasteiger partial charge in [-0.3, -0.25) is 4.79 Å². The Morgan fingerprint density at radius 1 is 1.23 bits per heavy atom. The molecule has 0 spiro atoms. The Labute approximate surface area is 158 Å². The van der Waals surface area contributed by atoms with Gasteiger partial charge in [0.15, 0.2) is 5.13 Å². The molecule has 1 amide bonds. The summed E-state index contributed by atoms with van der Waals surface area (Å²) in [6.45, 7) is 2.06. The maximum absolute atomic E-state index is 12.1. The molecule has 0 bridgehead atoms. The molecule has 130 valence electrons. The van der Waals surface area contributed by atoms with Crippen LogP contribution in [0, 0.1) is 6.92 Å². The van der Waals surface area contributed by atoms with Gasteiger partial charge in [-0.05, 0) is 13.0 Å². The summed E-state index contributed by atoms with van der Waals surface area (Å²) in [7, 11) is 0. The lowest BCUT2D eigenvalue weighted by Gasteiger charge is -2.03. The first kappa shape index (κ1) is 16.7. The molecule has 4 rings (SSSR count). The zero-order valence-corrected chi connectivity index (χ0v) is 15.5. The van der Waals surface area contributed by atoms with Gasteiger partial charge in [0.1, 0.15) is 5.03 Å². The minimum absolute atomic E-state index is 0.105. The van der Waals surface area contributed by atoms with Crippen LogP contribution in [0.25, 0.3) is 16.8 Å². The van der Waals surface area contributed by atoms with Crippen molar-refractivity contribution in [2.75, 3.05) is 11.1 Å². The molecule has 26 heavy (non-hydrogen) atoms. The summed E-state index contributed by atoms with van der Waals surface area (Å²) in [5, 5.41) is 10.6. The molecule has 3 heterocycles. The van der Waals surface area contributed by atoms with Crippen LogP contribution in [-0.2, 0) is 4.79 Å². The van der Waals surface area contributed by atoms with Gasteiger partial charge < -0.3 is 5.32 Å². The van der Waals surface area contributed by atoms with E-state index in [1.54, 1.807) is 16.9 Å². The van der Waals surface area contributed by atoms with Crippen molar-refractivity contribution in [1.82, 2.24) is 19.6 Å². The fourth-order valence-corrected chi connectivity index (χ4v) is 3.77. The van der Waals surface area contributed by atoms with E-state index in [1.165, 1.54) is 28.7 Å². The third kappa shape index (κ3) is 3.61. The zero-order valence-electron chi connectivity index (χ0n) is 13.9. The molecule has 0 radical (unpaired) electrons. The van der Waals surface area contributed by atoms with Crippen molar-refractivity contribution in [2.45, 2.75) is 11.9 Å². The predicted octanol–water partition coefficient (Wildman–Crippen LogP) is 3.89. The summed E-state index contributed by atoms with van der Waals surface area (Å²) in [5.41, 5.74) is 4.03. The number of carbonyl (C=O) groups excluding carboxylic acids is 1. The molecule has 0 saturated carbocycles. The van der Waals surface area contributed by atoms with E-state index in [9.17, 15) is 4.79 Å². The number of nitrogens with one attached hydrogen (secondary N) is 1. The minimum atomic E-state index is -0.105. The molecule has 0 aliphatic heterocycles. The largest absolute Gasteiger partial charge is 0.301 e. The number of rotatable bonds is 5. The van der Waals surface area contributed by atoms with E-state index in [0.29, 0.717) is 5.13 Å². The second-order valence-electron chi connectivity index (χ2n) is 5.63. The fourth-order valence-electron chi connectivity index (χ4n) is 2.45. The van der Waals surface area contributed by atoms with Crippen LogP contribution in [0.4, 0.5) is 5.13 Å². The molecule has 0 atom stereocenters. The van der Waals surface area contributed by atoms with E-state index in [0.717, 1.165) is 21.8 Å². The van der Waals surface area contributed by atoms with E-state index in [-0.39, 0.29) is 11.7 Å². The van der Waals surface area contributed by atoms with Crippen LogP contribution in [0.15, 0.2) is 59.3 Å². The number of thioether (sulfide) groups is 1. The van der Waals surface area contributed by atoms with Gasteiger partial charge >= 0.3 is 0 Å². The topological polar surface area (TPSA) is 72.2 Å². The lowest BCUT2D eigenvalue weighted by molar-refractivity contribution is -0.113.